The molecule has 0 atom stereocenters. The number of halogens is 1. The standard InChI is InChI=1S/C10H9BrN2O3S/c11-7-2-1-3-8(4-7)16-5-10-13-9(12)6-17(10,14)15/h1-4,6H,5,12H2. The molecule has 0 saturated carbocycles. The highest BCUT2D eigenvalue weighted by Gasteiger charge is 2.24. The van der Waals surface area contributed by atoms with Crippen molar-refractivity contribution in [2.75, 3.05) is 6.61 Å². The van der Waals surface area contributed by atoms with Gasteiger partial charge in [-0.2, -0.15) is 0 Å². The minimum atomic E-state index is -3.49. The van der Waals surface area contributed by atoms with Gasteiger partial charge < -0.3 is 10.5 Å². The van der Waals surface area contributed by atoms with Crippen molar-refractivity contribution in [1.82, 2.24) is 0 Å². The van der Waals surface area contributed by atoms with E-state index >= 15 is 0 Å². The lowest BCUT2D eigenvalue weighted by atomic mass is 10.3. The monoisotopic (exact) mass is 316 g/mol. The normalized spacial score (nSPS) is 17.5. The summed E-state index contributed by atoms with van der Waals surface area (Å²) in [7, 11) is -3.49. The number of rotatable bonds is 3. The smallest absolute Gasteiger partial charge is 0.220 e. The van der Waals surface area contributed by atoms with Gasteiger partial charge in [0.15, 0.2) is 5.04 Å². The maximum absolute atomic E-state index is 11.5. The van der Waals surface area contributed by atoms with Crippen LogP contribution in [0.15, 0.2) is 45.0 Å². The van der Waals surface area contributed by atoms with Gasteiger partial charge >= 0.3 is 0 Å². The fourth-order valence-electron chi connectivity index (χ4n) is 1.28. The van der Waals surface area contributed by atoms with E-state index in [0.717, 1.165) is 9.88 Å². The van der Waals surface area contributed by atoms with Crippen LogP contribution in [0.1, 0.15) is 0 Å². The fourth-order valence-corrected chi connectivity index (χ4v) is 2.62. The van der Waals surface area contributed by atoms with E-state index < -0.39 is 9.84 Å². The van der Waals surface area contributed by atoms with E-state index in [1.807, 2.05) is 6.07 Å². The molecule has 17 heavy (non-hydrogen) atoms. The molecule has 0 aromatic heterocycles. The van der Waals surface area contributed by atoms with Crippen LogP contribution in [-0.2, 0) is 9.84 Å². The van der Waals surface area contributed by atoms with E-state index in [0.29, 0.717) is 5.75 Å². The Morgan fingerprint density at radius 2 is 2.18 bits per heavy atom. The molecule has 0 unspecified atom stereocenters. The second-order valence-electron chi connectivity index (χ2n) is 3.34. The number of ether oxygens (including phenoxy) is 1. The molecule has 0 fully saturated rings. The minimum absolute atomic E-state index is 0.0159. The van der Waals surface area contributed by atoms with Gasteiger partial charge in [-0.05, 0) is 18.2 Å². The van der Waals surface area contributed by atoms with Crippen LogP contribution in [0.25, 0.3) is 0 Å². The zero-order valence-corrected chi connectivity index (χ0v) is 11.0. The summed E-state index contributed by atoms with van der Waals surface area (Å²) in [6.45, 7) is -0.129. The van der Waals surface area contributed by atoms with E-state index in [9.17, 15) is 8.42 Å². The first-order valence-corrected chi connectivity index (χ1v) is 6.99. The number of benzene rings is 1. The van der Waals surface area contributed by atoms with Crippen LogP contribution in [-0.4, -0.2) is 20.1 Å². The summed E-state index contributed by atoms with van der Waals surface area (Å²) in [5.74, 6) is 0.542. The molecule has 0 radical (unpaired) electrons. The van der Waals surface area contributed by atoms with Gasteiger partial charge in [0, 0.05) is 4.47 Å². The molecule has 2 N–H and O–H groups in total. The van der Waals surface area contributed by atoms with Gasteiger partial charge in [-0.25, -0.2) is 13.4 Å². The Morgan fingerprint density at radius 1 is 1.41 bits per heavy atom. The van der Waals surface area contributed by atoms with E-state index in [4.69, 9.17) is 10.5 Å². The zero-order chi connectivity index (χ0) is 12.5. The highest BCUT2D eigenvalue weighted by molar-refractivity contribution is 9.10. The number of hydrogen-bond acceptors (Lipinski definition) is 5. The zero-order valence-electron chi connectivity index (χ0n) is 8.63. The first kappa shape index (κ1) is 12.1. The molecule has 0 aliphatic carbocycles. The average molecular weight is 317 g/mol. The summed E-state index contributed by atoms with van der Waals surface area (Å²) >= 11 is 3.29. The van der Waals surface area contributed by atoms with Gasteiger partial charge in [-0.3, -0.25) is 0 Å². The predicted molar refractivity (Wildman–Crippen MR) is 68.3 cm³/mol. The number of hydrogen-bond donors (Lipinski definition) is 1. The Kier molecular flexibility index (Phi) is 3.21. The van der Waals surface area contributed by atoms with Crippen LogP contribution in [0.4, 0.5) is 0 Å². The summed E-state index contributed by atoms with van der Waals surface area (Å²) in [4.78, 5) is 3.71. The van der Waals surface area contributed by atoms with Gasteiger partial charge in [0.1, 0.15) is 18.2 Å². The van der Waals surface area contributed by atoms with Crippen molar-refractivity contribution in [2.24, 2.45) is 10.7 Å². The average Bonchev–Trinajstić information content (AvgIpc) is 2.48. The molecule has 1 aromatic rings. The largest absolute Gasteiger partial charge is 0.486 e. The number of nitrogens with two attached hydrogens (primary N) is 1. The van der Waals surface area contributed by atoms with Gasteiger partial charge in [0.25, 0.3) is 0 Å². The lowest BCUT2D eigenvalue weighted by Gasteiger charge is -2.05. The third-order valence-electron chi connectivity index (χ3n) is 2.02. The van der Waals surface area contributed by atoms with Gasteiger partial charge in [0.05, 0.1) is 5.41 Å². The fraction of sp³-hybridized carbons (Fsp3) is 0.100. The minimum Gasteiger partial charge on any atom is -0.486 e. The van der Waals surface area contributed by atoms with Crippen LogP contribution in [0.3, 0.4) is 0 Å². The molecule has 0 saturated heterocycles. The van der Waals surface area contributed by atoms with E-state index in [1.165, 1.54) is 0 Å². The molecule has 90 valence electrons. The molecule has 5 nitrogen and oxygen atoms in total. The summed E-state index contributed by atoms with van der Waals surface area (Å²) < 4.78 is 29.1. The molecule has 0 bridgehead atoms. The van der Waals surface area contributed by atoms with Crippen molar-refractivity contribution >= 4 is 30.8 Å². The van der Waals surface area contributed by atoms with Crippen LogP contribution >= 0.6 is 15.9 Å². The van der Waals surface area contributed by atoms with Crippen molar-refractivity contribution in [3.8, 4) is 5.75 Å². The molecule has 7 heteroatoms. The van der Waals surface area contributed by atoms with Crippen molar-refractivity contribution in [1.29, 1.82) is 0 Å². The van der Waals surface area contributed by atoms with E-state index in [2.05, 4.69) is 20.9 Å². The summed E-state index contributed by atoms with van der Waals surface area (Å²) in [5, 5.41) is 0.849. The van der Waals surface area contributed by atoms with Crippen LogP contribution in [0.2, 0.25) is 0 Å². The maximum Gasteiger partial charge on any atom is 0.220 e. The first-order chi connectivity index (χ1) is 7.97. The Bertz CT molecular complexity index is 608. The van der Waals surface area contributed by atoms with Crippen molar-refractivity contribution in [2.45, 2.75) is 0 Å². The number of nitrogens with zero attached hydrogens (tertiary/aromatic N) is 1. The summed E-state index contributed by atoms with van der Waals surface area (Å²) in [6, 6.07) is 7.09. The van der Waals surface area contributed by atoms with Gasteiger partial charge in [-0.1, -0.05) is 22.0 Å². The quantitative estimate of drug-likeness (QED) is 0.914. The molecule has 0 amide bonds. The summed E-state index contributed by atoms with van der Waals surface area (Å²) in [5.41, 5.74) is 5.33. The van der Waals surface area contributed by atoms with Gasteiger partial charge in [0.2, 0.25) is 9.84 Å². The van der Waals surface area contributed by atoms with E-state index in [-0.39, 0.29) is 17.5 Å². The Hall–Kier alpha value is -1.34. The van der Waals surface area contributed by atoms with Crippen LogP contribution < -0.4 is 10.5 Å². The molecule has 1 heterocycles. The number of aliphatic imine (C=N–C) groups is 1. The number of sulfone groups is 1. The predicted octanol–water partition coefficient (Wildman–Crippen LogP) is 1.41. The Labute approximate surface area is 107 Å². The SMILES string of the molecule is NC1=CS(=O)(=O)C(COc2cccc(Br)c2)=N1. The molecule has 2 rings (SSSR count). The highest BCUT2D eigenvalue weighted by Crippen LogP contribution is 2.19. The second-order valence-corrected chi connectivity index (χ2v) is 6.05. The lowest BCUT2D eigenvalue weighted by molar-refractivity contribution is 0.378. The first-order valence-electron chi connectivity index (χ1n) is 4.65. The lowest BCUT2D eigenvalue weighted by Crippen LogP contribution is -2.17. The van der Waals surface area contributed by atoms with Crippen molar-refractivity contribution in [3.05, 3.63) is 40.0 Å². The second kappa shape index (κ2) is 4.50. The topological polar surface area (TPSA) is 81.8 Å². The van der Waals surface area contributed by atoms with Crippen molar-refractivity contribution in [3.63, 3.8) is 0 Å². The molecule has 1 aliphatic rings. The third kappa shape index (κ3) is 2.86. The Morgan fingerprint density at radius 3 is 2.76 bits per heavy atom. The Balaban J connectivity index is 2.08. The summed E-state index contributed by atoms with van der Waals surface area (Å²) in [6.07, 6.45) is 0. The van der Waals surface area contributed by atoms with Crippen LogP contribution in [0.5, 0.6) is 5.75 Å². The molecule has 1 aromatic carbocycles. The van der Waals surface area contributed by atoms with Crippen molar-refractivity contribution < 1.29 is 13.2 Å². The molecule has 1 aliphatic heterocycles. The van der Waals surface area contributed by atoms with Crippen LogP contribution in [0, 0.1) is 0 Å². The maximum atomic E-state index is 11.5. The third-order valence-corrected chi connectivity index (χ3v) is 3.93. The van der Waals surface area contributed by atoms with E-state index in [1.54, 1.807) is 18.2 Å². The molecular weight excluding hydrogens is 308 g/mol. The molecule has 0 spiro atoms. The highest BCUT2D eigenvalue weighted by atomic mass is 79.9. The van der Waals surface area contributed by atoms with Gasteiger partial charge in [-0.15, -0.1) is 0 Å². The molecular formula is C10H9BrN2O3S.